The summed E-state index contributed by atoms with van der Waals surface area (Å²) in [6.45, 7) is 0.890. The zero-order valence-electron chi connectivity index (χ0n) is 14.7. The lowest BCUT2D eigenvalue weighted by atomic mass is 9.76. The molecule has 2 heterocycles. The smallest absolute Gasteiger partial charge is 0.303 e. The van der Waals surface area contributed by atoms with E-state index in [1.54, 1.807) is 0 Å². The van der Waals surface area contributed by atoms with Crippen LogP contribution in [0.5, 0.6) is 0 Å². The van der Waals surface area contributed by atoms with Gasteiger partial charge in [-0.3, -0.25) is 4.79 Å². The van der Waals surface area contributed by atoms with E-state index in [0.29, 0.717) is 30.1 Å². The molecule has 136 valence electrons. The van der Waals surface area contributed by atoms with Crippen LogP contribution in [0.3, 0.4) is 0 Å². The van der Waals surface area contributed by atoms with E-state index in [4.69, 9.17) is 14.6 Å². The Hall–Kier alpha value is -0.870. The van der Waals surface area contributed by atoms with Gasteiger partial charge in [-0.15, -0.1) is 0 Å². The van der Waals surface area contributed by atoms with Gasteiger partial charge in [-0.25, -0.2) is 0 Å². The first-order chi connectivity index (χ1) is 11.7. The number of carbonyl (C=O) groups is 1. The minimum atomic E-state index is -0.702. The number of carboxylic acid groups (broad SMARTS) is 1. The van der Waals surface area contributed by atoms with Crippen LogP contribution in [0.4, 0.5) is 0 Å². The molecule has 1 N–H and O–H groups in total. The molecule has 3 aliphatic rings. The summed E-state index contributed by atoms with van der Waals surface area (Å²) < 4.78 is 12.2. The van der Waals surface area contributed by atoms with Crippen molar-refractivity contribution < 1.29 is 19.4 Å². The highest BCUT2D eigenvalue weighted by atomic mass is 16.5. The van der Waals surface area contributed by atoms with E-state index in [0.717, 1.165) is 32.3 Å². The lowest BCUT2D eigenvalue weighted by Gasteiger charge is -2.27. The largest absolute Gasteiger partial charge is 0.481 e. The maximum atomic E-state index is 10.5. The van der Waals surface area contributed by atoms with Gasteiger partial charge >= 0.3 is 5.97 Å². The van der Waals surface area contributed by atoms with Crippen LogP contribution in [-0.2, 0) is 14.3 Å². The van der Waals surface area contributed by atoms with Crippen molar-refractivity contribution in [3.63, 3.8) is 0 Å². The monoisotopic (exact) mass is 336 g/mol. The summed E-state index contributed by atoms with van der Waals surface area (Å²) in [7, 11) is 0. The predicted molar refractivity (Wildman–Crippen MR) is 92.9 cm³/mol. The quantitative estimate of drug-likeness (QED) is 0.476. The Morgan fingerprint density at radius 3 is 2.58 bits per heavy atom. The molecule has 2 bridgehead atoms. The standard InChI is InChI=1S/C20H32O4/c21-20(22)10-4-2-1-3-9-16-17(19-12-11-18(16)24-19)13-14-23-15-7-5-6-8-15/h1,3,15-19H,2,4-14H2,(H,21,22)/t16-,17+,18-,19+/m1/s1. The van der Waals surface area contributed by atoms with Crippen LogP contribution in [0.25, 0.3) is 0 Å². The summed E-state index contributed by atoms with van der Waals surface area (Å²) in [4.78, 5) is 10.5. The molecule has 2 saturated heterocycles. The van der Waals surface area contributed by atoms with Crippen molar-refractivity contribution in [1.29, 1.82) is 0 Å². The third-order valence-corrected chi connectivity index (χ3v) is 6.03. The Balaban J connectivity index is 1.39. The second kappa shape index (κ2) is 9.00. The zero-order valence-corrected chi connectivity index (χ0v) is 14.7. The highest BCUT2D eigenvalue weighted by Gasteiger charge is 2.47. The normalized spacial score (nSPS) is 33.0. The number of rotatable bonds is 10. The fraction of sp³-hybridized carbons (Fsp3) is 0.850. The van der Waals surface area contributed by atoms with Crippen molar-refractivity contribution in [1.82, 2.24) is 0 Å². The number of hydrogen-bond donors (Lipinski definition) is 1. The number of aliphatic carboxylic acids is 1. The fourth-order valence-corrected chi connectivity index (χ4v) is 4.77. The van der Waals surface area contributed by atoms with Gasteiger partial charge in [0, 0.05) is 13.0 Å². The van der Waals surface area contributed by atoms with E-state index in [2.05, 4.69) is 12.2 Å². The first-order valence-corrected chi connectivity index (χ1v) is 9.88. The summed E-state index contributed by atoms with van der Waals surface area (Å²) in [5.41, 5.74) is 0. The van der Waals surface area contributed by atoms with Crippen LogP contribution >= 0.6 is 0 Å². The van der Waals surface area contributed by atoms with Crippen LogP contribution in [0.15, 0.2) is 12.2 Å². The lowest BCUT2D eigenvalue weighted by molar-refractivity contribution is -0.137. The molecule has 24 heavy (non-hydrogen) atoms. The second-order valence-corrected chi connectivity index (χ2v) is 7.68. The summed E-state index contributed by atoms with van der Waals surface area (Å²) in [6.07, 6.45) is 17.5. The Morgan fingerprint density at radius 2 is 1.83 bits per heavy atom. The SMILES string of the molecule is O=C(O)CCCC=CC[C@@H]1[C@H](CCOC2CCCC2)[C@@H]2CC[C@H]1O2. The van der Waals surface area contributed by atoms with Gasteiger partial charge in [-0.05, 0) is 63.2 Å². The number of fused-ring (bicyclic) bond motifs is 2. The van der Waals surface area contributed by atoms with Crippen LogP contribution in [0.1, 0.15) is 70.6 Å². The molecule has 1 aliphatic carbocycles. The lowest BCUT2D eigenvalue weighted by Crippen LogP contribution is -2.28. The highest BCUT2D eigenvalue weighted by Crippen LogP contribution is 2.46. The molecule has 0 aromatic carbocycles. The molecular formula is C20H32O4. The molecule has 0 radical (unpaired) electrons. The number of carboxylic acids is 1. The molecule has 0 spiro atoms. The number of allylic oxidation sites excluding steroid dienone is 2. The van der Waals surface area contributed by atoms with Gasteiger partial charge in [0.05, 0.1) is 18.3 Å². The topological polar surface area (TPSA) is 55.8 Å². The molecule has 0 aromatic rings. The van der Waals surface area contributed by atoms with Crippen molar-refractivity contribution in [3.05, 3.63) is 12.2 Å². The third-order valence-electron chi connectivity index (χ3n) is 6.03. The van der Waals surface area contributed by atoms with Crippen molar-refractivity contribution in [3.8, 4) is 0 Å². The van der Waals surface area contributed by atoms with Gasteiger partial charge < -0.3 is 14.6 Å². The Kier molecular flexibility index (Phi) is 6.73. The Bertz CT molecular complexity index is 427. The van der Waals surface area contributed by atoms with Crippen molar-refractivity contribution in [2.45, 2.75) is 88.9 Å². The number of ether oxygens (including phenoxy) is 2. The van der Waals surface area contributed by atoms with Gasteiger partial charge in [0.1, 0.15) is 0 Å². The zero-order chi connectivity index (χ0) is 16.8. The Morgan fingerprint density at radius 1 is 1.08 bits per heavy atom. The highest BCUT2D eigenvalue weighted by molar-refractivity contribution is 5.66. The molecule has 2 aliphatic heterocycles. The van der Waals surface area contributed by atoms with E-state index in [1.807, 2.05) is 0 Å². The summed E-state index contributed by atoms with van der Waals surface area (Å²) >= 11 is 0. The molecule has 0 aromatic heterocycles. The number of unbranched alkanes of at least 4 members (excludes halogenated alkanes) is 1. The average molecular weight is 336 g/mol. The molecule has 4 heteroatoms. The Labute approximate surface area is 145 Å². The summed E-state index contributed by atoms with van der Waals surface area (Å²) in [5.74, 6) is 0.577. The summed E-state index contributed by atoms with van der Waals surface area (Å²) in [5, 5.41) is 8.66. The van der Waals surface area contributed by atoms with Crippen LogP contribution in [0.2, 0.25) is 0 Å². The molecule has 3 rings (SSSR count). The van der Waals surface area contributed by atoms with Gasteiger partial charge in [-0.2, -0.15) is 0 Å². The average Bonchev–Trinajstić information content (AvgIpc) is 3.28. The maximum Gasteiger partial charge on any atom is 0.303 e. The fourth-order valence-electron chi connectivity index (χ4n) is 4.77. The van der Waals surface area contributed by atoms with Gasteiger partial charge in [0.15, 0.2) is 0 Å². The number of hydrogen-bond acceptors (Lipinski definition) is 3. The van der Waals surface area contributed by atoms with Crippen molar-refractivity contribution in [2.75, 3.05) is 6.61 Å². The first kappa shape index (κ1) is 17.9. The van der Waals surface area contributed by atoms with E-state index in [-0.39, 0.29) is 6.42 Å². The van der Waals surface area contributed by atoms with Crippen molar-refractivity contribution in [2.24, 2.45) is 11.8 Å². The molecule has 3 fully saturated rings. The molecule has 4 atom stereocenters. The van der Waals surface area contributed by atoms with Crippen LogP contribution < -0.4 is 0 Å². The van der Waals surface area contributed by atoms with Crippen molar-refractivity contribution >= 4 is 5.97 Å². The molecule has 1 saturated carbocycles. The van der Waals surface area contributed by atoms with Gasteiger partial charge in [0.2, 0.25) is 0 Å². The maximum absolute atomic E-state index is 10.5. The molecular weight excluding hydrogens is 304 g/mol. The predicted octanol–water partition coefficient (Wildman–Crippen LogP) is 4.33. The third kappa shape index (κ3) is 4.82. The van der Waals surface area contributed by atoms with Gasteiger partial charge in [0.25, 0.3) is 0 Å². The van der Waals surface area contributed by atoms with E-state index < -0.39 is 5.97 Å². The van der Waals surface area contributed by atoms with E-state index >= 15 is 0 Å². The van der Waals surface area contributed by atoms with Crippen LogP contribution in [0, 0.1) is 11.8 Å². The molecule has 0 unspecified atom stereocenters. The van der Waals surface area contributed by atoms with Crippen LogP contribution in [-0.4, -0.2) is 36.0 Å². The van der Waals surface area contributed by atoms with E-state index in [9.17, 15) is 4.79 Å². The minimum absolute atomic E-state index is 0.267. The minimum Gasteiger partial charge on any atom is -0.481 e. The molecule has 4 nitrogen and oxygen atoms in total. The molecule has 0 amide bonds. The second-order valence-electron chi connectivity index (χ2n) is 7.68. The summed E-state index contributed by atoms with van der Waals surface area (Å²) in [6, 6.07) is 0. The van der Waals surface area contributed by atoms with Gasteiger partial charge in [-0.1, -0.05) is 25.0 Å². The van der Waals surface area contributed by atoms with E-state index in [1.165, 1.54) is 38.5 Å². The first-order valence-electron chi connectivity index (χ1n) is 9.88.